The summed E-state index contributed by atoms with van der Waals surface area (Å²) in [7, 11) is 0. The van der Waals surface area contributed by atoms with Crippen LogP contribution in [0.2, 0.25) is 0 Å². The largest absolute Gasteiger partial charge is 0.460 e. The van der Waals surface area contributed by atoms with Gasteiger partial charge < -0.3 is 19.3 Å². The van der Waals surface area contributed by atoms with Gasteiger partial charge in [0.15, 0.2) is 11.9 Å². The highest BCUT2D eigenvalue weighted by Gasteiger charge is 2.23. The Hall–Kier alpha value is -2.22. The maximum absolute atomic E-state index is 11.8. The predicted octanol–water partition coefficient (Wildman–Crippen LogP) is 0.452. The number of hydrogen-bond donors (Lipinski definition) is 1. The van der Waals surface area contributed by atoms with E-state index >= 15 is 0 Å². The van der Waals surface area contributed by atoms with Crippen molar-refractivity contribution >= 4 is 23.7 Å². The van der Waals surface area contributed by atoms with Crippen LogP contribution in [0.1, 0.15) is 40.0 Å². The summed E-state index contributed by atoms with van der Waals surface area (Å²) >= 11 is 0. The van der Waals surface area contributed by atoms with Gasteiger partial charge in [-0.1, -0.05) is 0 Å². The SMILES string of the molecule is C[C@@H]1CC(=O)O[C@@H](C)C(=O)CCC(=O)O[C@@H](C)[C@H](O)/C=C\C(=O)O1. The van der Waals surface area contributed by atoms with E-state index in [2.05, 4.69) is 0 Å². The number of ketones is 1. The number of Topliss-reactive ketones (excluding diaryl/α,β-unsaturated/α-hetero) is 1. The number of aliphatic hydroxyl groups excluding tert-OH is 1. The van der Waals surface area contributed by atoms with Crippen molar-refractivity contribution in [2.24, 2.45) is 0 Å². The summed E-state index contributed by atoms with van der Waals surface area (Å²) in [5, 5.41) is 9.81. The Morgan fingerprint density at radius 2 is 1.62 bits per heavy atom. The number of carbonyl (C=O) groups is 4. The van der Waals surface area contributed by atoms with Crippen LogP contribution >= 0.6 is 0 Å². The quantitative estimate of drug-likeness (QED) is 0.498. The second-order valence-electron chi connectivity index (χ2n) is 5.59. The van der Waals surface area contributed by atoms with Gasteiger partial charge in [-0.3, -0.25) is 14.4 Å². The van der Waals surface area contributed by atoms with Crippen molar-refractivity contribution in [3.8, 4) is 0 Å². The number of rotatable bonds is 0. The molecule has 0 saturated heterocycles. The van der Waals surface area contributed by atoms with Crippen LogP contribution in [0.3, 0.4) is 0 Å². The Balaban J connectivity index is 2.85. The van der Waals surface area contributed by atoms with Crippen molar-refractivity contribution in [3.05, 3.63) is 12.2 Å². The van der Waals surface area contributed by atoms with E-state index < -0.39 is 48.1 Å². The maximum Gasteiger partial charge on any atom is 0.330 e. The average molecular weight is 342 g/mol. The lowest BCUT2D eigenvalue weighted by Crippen LogP contribution is -2.30. The number of cyclic esters (lactones) is 3. The maximum atomic E-state index is 11.8. The summed E-state index contributed by atoms with van der Waals surface area (Å²) in [6.07, 6.45) is -2.28. The molecule has 1 rings (SSSR count). The Morgan fingerprint density at radius 3 is 2.29 bits per heavy atom. The lowest BCUT2D eigenvalue weighted by Gasteiger charge is -2.18. The Labute approximate surface area is 139 Å². The van der Waals surface area contributed by atoms with Gasteiger partial charge >= 0.3 is 17.9 Å². The molecule has 0 aliphatic carbocycles. The molecule has 0 fully saturated rings. The van der Waals surface area contributed by atoms with Crippen LogP contribution in [0.4, 0.5) is 0 Å². The van der Waals surface area contributed by atoms with Gasteiger partial charge in [0.25, 0.3) is 0 Å². The van der Waals surface area contributed by atoms with Crippen molar-refractivity contribution in [1.29, 1.82) is 0 Å². The number of carbonyl (C=O) groups excluding carboxylic acids is 4. The number of aliphatic hydroxyl groups is 1. The molecule has 1 heterocycles. The lowest BCUT2D eigenvalue weighted by atomic mass is 10.1. The van der Waals surface area contributed by atoms with Crippen LogP contribution in [0.5, 0.6) is 0 Å². The van der Waals surface area contributed by atoms with E-state index in [0.717, 1.165) is 12.2 Å². The summed E-state index contributed by atoms with van der Waals surface area (Å²) in [6.45, 7) is 4.36. The second kappa shape index (κ2) is 9.17. The van der Waals surface area contributed by atoms with Crippen LogP contribution in [0.25, 0.3) is 0 Å². The van der Waals surface area contributed by atoms with Crippen LogP contribution < -0.4 is 0 Å². The van der Waals surface area contributed by atoms with Crippen molar-refractivity contribution in [1.82, 2.24) is 0 Å². The zero-order valence-corrected chi connectivity index (χ0v) is 13.9. The molecule has 0 bridgehead atoms. The number of hydrogen-bond acceptors (Lipinski definition) is 8. The summed E-state index contributed by atoms with van der Waals surface area (Å²) in [4.78, 5) is 46.8. The van der Waals surface area contributed by atoms with E-state index in [-0.39, 0.29) is 19.3 Å². The topological polar surface area (TPSA) is 116 Å². The molecule has 0 aromatic rings. The molecule has 8 heteroatoms. The monoisotopic (exact) mass is 342 g/mol. The predicted molar refractivity (Wildman–Crippen MR) is 80.7 cm³/mol. The minimum Gasteiger partial charge on any atom is -0.460 e. The van der Waals surface area contributed by atoms with Crippen molar-refractivity contribution in [2.75, 3.05) is 0 Å². The summed E-state index contributed by atoms with van der Waals surface area (Å²) < 4.78 is 14.9. The van der Waals surface area contributed by atoms with E-state index in [1.165, 1.54) is 20.8 Å². The van der Waals surface area contributed by atoms with Crippen LogP contribution in [0, 0.1) is 0 Å². The second-order valence-corrected chi connectivity index (χ2v) is 5.59. The molecule has 0 amide bonds. The molecule has 0 spiro atoms. The zero-order valence-electron chi connectivity index (χ0n) is 13.9. The molecule has 8 nitrogen and oxygen atoms in total. The minimum absolute atomic E-state index is 0.142. The molecule has 0 radical (unpaired) electrons. The normalized spacial score (nSPS) is 32.5. The molecular weight excluding hydrogens is 320 g/mol. The zero-order chi connectivity index (χ0) is 18.3. The first-order valence-corrected chi connectivity index (χ1v) is 7.67. The molecule has 0 saturated carbocycles. The Morgan fingerprint density at radius 1 is 0.958 bits per heavy atom. The summed E-state index contributed by atoms with van der Waals surface area (Å²) in [5.74, 6) is -2.55. The molecule has 0 aromatic heterocycles. The van der Waals surface area contributed by atoms with Gasteiger partial charge in [-0.2, -0.15) is 0 Å². The highest BCUT2D eigenvalue weighted by molar-refractivity contribution is 5.88. The van der Waals surface area contributed by atoms with E-state index in [1.807, 2.05) is 0 Å². The average Bonchev–Trinajstić information content (AvgIpc) is 2.48. The lowest BCUT2D eigenvalue weighted by molar-refractivity contribution is -0.159. The third kappa shape index (κ3) is 6.91. The highest BCUT2D eigenvalue weighted by atomic mass is 16.6. The summed E-state index contributed by atoms with van der Waals surface area (Å²) in [6, 6.07) is 0. The first kappa shape index (κ1) is 19.8. The van der Waals surface area contributed by atoms with Gasteiger partial charge in [0, 0.05) is 12.5 Å². The third-order valence-corrected chi connectivity index (χ3v) is 3.34. The number of ether oxygens (including phenoxy) is 3. The van der Waals surface area contributed by atoms with E-state index in [1.54, 1.807) is 0 Å². The van der Waals surface area contributed by atoms with Gasteiger partial charge in [-0.15, -0.1) is 0 Å². The van der Waals surface area contributed by atoms with Crippen LogP contribution in [0.15, 0.2) is 12.2 Å². The highest BCUT2D eigenvalue weighted by Crippen LogP contribution is 2.09. The fraction of sp³-hybridized carbons (Fsp3) is 0.625. The van der Waals surface area contributed by atoms with Gasteiger partial charge in [0.2, 0.25) is 0 Å². The molecule has 4 atom stereocenters. The molecule has 24 heavy (non-hydrogen) atoms. The van der Waals surface area contributed by atoms with Gasteiger partial charge in [-0.05, 0) is 26.8 Å². The first-order chi connectivity index (χ1) is 11.2. The molecule has 0 unspecified atom stereocenters. The van der Waals surface area contributed by atoms with Crippen molar-refractivity contribution in [2.45, 2.75) is 64.4 Å². The van der Waals surface area contributed by atoms with Gasteiger partial charge in [0.1, 0.15) is 18.3 Å². The molecule has 0 aromatic carbocycles. The number of esters is 3. The molecule has 1 aliphatic rings. The minimum atomic E-state index is -1.20. The fourth-order valence-corrected chi connectivity index (χ4v) is 1.92. The molecular formula is C16H22O8. The van der Waals surface area contributed by atoms with Gasteiger partial charge in [0.05, 0.1) is 12.8 Å². The molecule has 134 valence electrons. The van der Waals surface area contributed by atoms with E-state index in [4.69, 9.17) is 14.2 Å². The van der Waals surface area contributed by atoms with Crippen molar-refractivity contribution in [3.63, 3.8) is 0 Å². The van der Waals surface area contributed by atoms with Crippen LogP contribution in [-0.4, -0.2) is 53.2 Å². The van der Waals surface area contributed by atoms with E-state index in [9.17, 15) is 24.3 Å². The first-order valence-electron chi connectivity index (χ1n) is 7.67. The fourth-order valence-electron chi connectivity index (χ4n) is 1.92. The van der Waals surface area contributed by atoms with Crippen molar-refractivity contribution < 1.29 is 38.5 Å². The van der Waals surface area contributed by atoms with E-state index in [0.29, 0.717) is 0 Å². The third-order valence-electron chi connectivity index (χ3n) is 3.34. The smallest absolute Gasteiger partial charge is 0.330 e. The molecule has 1 N–H and O–H groups in total. The Bertz CT molecular complexity index is 524. The van der Waals surface area contributed by atoms with Gasteiger partial charge in [-0.25, -0.2) is 4.79 Å². The van der Waals surface area contributed by atoms with Crippen LogP contribution in [-0.2, 0) is 33.4 Å². The standard InChI is InChI=1S/C16H22O8/c1-9-8-16(21)24-11(3)13(18)5-7-15(20)23-10(2)12(17)4-6-14(19)22-9/h4,6,9-12,17H,5,7-8H2,1-3H3/b6-4-/t9-,10+,11+,12-/m1/s1. The molecule has 1 aliphatic heterocycles. The summed E-state index contributed by atoms with van der Waals surface area (Å²) in [5.41, 5.74) is 0. The Kier molecular flexibility index (Phi) is 7.57.